The van der Waals surface area contributed by atoms with Gasteiger partial charge in [0.2, 0.25) is 0 Å². The molecule has 0 atom stereocenters. The maximum atomic E-state index is 5.98. The molecular formula is C13H17N3S. The molecule has 0 saturated carbocycles. The molecule has 17 heavy (non-hydrogen) atoms. The summed E-state index contributed by atoms with van der Waals surface area (Å²) in [5.74, 6) is 1.95. The molecule has 0 bridgehead atoms. The van der Waals surface area contributed by atoms with Crippen LogP contribution in [0.4, 0.5) is 5.69 Å². The third-order valence-corrected chi connectivity index (χ3v) is 3.75. The highest BCUT2D eigenvalue weighted by Crippen LogP contribution is 2.28. The van der Waals surface area contributed by atoms with Crippen molar-refractivity contribution in [1.29, 1.82) is 0 Å². The normalized spacial score (nSPS) is 10.7. The van der Waals surface area contributed by atoms with Gasteiger partial charge in [0.05, 0.1) is 5.75 Å². The van der Waals surface area contributed by atoms with Gasteiger partial charge in [-0.25, -0.2) is 4.98 Å². The average Bonchev–Trinajstić information content (AvgIpc) is 2.75. The van der Waals surface area contributed by atoms with Crippen LogP contribution in [0.3, 0.4) is 0 Å². The number of imidazole rings is 1. The van der Waals surface area contributed by atoms with Gasteiger partial charge in [-0.1, -0.05) is 6.07 Å². The van der Waals surface area contributed by atoms with E-state index in [1.807, 2.05) is 18.5 Å². The van der Waals surface area contributed by atoms with Crippen molar-refractivity contribution >= 4 is 17.4 Å². The number of aromatic nitrogens is 2. The Kier molecular flexibility index (Phi) is 3.74. The Hall–Kier alpha value is -1.42. The first-order valence-corrected chi connectivity index (χ1v) is 6.68. The Balaban J connectivity index is 2.07. The van der Waals surface area contributed by atoms with Crippen molar-refractivity contribution in [3.05, 3.63) is 42.0 Å². The molecule has 0 radical (unpaired) electrons. The van der Waals surface area contributed by atoms with Crippen LogP contribution < -0.4 is 5.73 Å². The second kappa shape index (κ2) is 5.27. The van der Waals surface area contributed by atoms with Crippen molar-refractivity contribution in [2.24, 2.45) is 0 Å². The summed E-state index contributed by atoms with van der Waals surface area (Å²) < 4.78 is 2.15. The summed E-state index contributed by atoms with van der Waals surface area (Å²) in [6, 6.07) is 6.17. The SMILES string of the molecule is CCn1ccnc1CSc1ccc(C)cc1N. The minimum atomic E-state index is 0.851. The Bertz CT molecular complexity index is 505. The summed E-state index contributed by atoms with van der Waals surface area (Å²) in [5, 5.41) is 0. The number of nitrogens with two attached hydrogens (primary N) is 1. The van der Waals surface area contributed by atoms with Crippen molar-refractivity contribution in [1.82, 2.24) is 9.55 Å². The molecule has 1 aromatic carbocycles. The van der Waals surface area contributed by atoms with E-state index in [0.29, 0.717) is 0 Å². The first-order chi connectivity index (χ1) is 8.20. The van der Waals surface area contributed by atoms with E-state index in [9.17, 15) is 0 Å². The van der Waals surface area contributed by atoms with E-state index >= 15 is 0 Å². The molecule has 1 aromatic heterocycles. The van der Waals surface area contributed by atoms with Crippen molar-refractivity contribution < 1.29 is 0 Å². The molecule has 90 valence electrons. The number of benzene rings is 1. The van der Waals surface area contributed by atoms with Crippen LogP contribution in [0.5, 0.6) is 0 Å². The van der Waals surface area contributed by atoms with Crippen molar-refractivity contribution in [2.45, 2.75) is 31.0 Å². The number of nitrogen functional groups attached to an aromatic ring is 1. The number of rotatable bonds is 4. The molecule has 4 heteroatoms. The van der Waals surface area contributed by atoms with Gasteiger partial charge in [-0.05, 0) is 31.5 Å². The Morgan fingerprint density at radius 1 is 1.41 bits per heavy atom. The highest BCUT2D eigenvalue weighted by Gasteiger charge is 2.04. The van der Waals surface area contributed by atoms with E-state index in [2.05, 4.69) is 35.5 Å². The molecular weight excluding hydrogens is 230 g/mol. The molecule has 0 aliphatic heterocycles. The van der Waals surface area contributed by atoms with E-state index in [0.717, 1.165) is 28.7 Å². The zero-order valence-electron chi connectivity index (χ0n) is 10.2. The van der Waals surface area contributed by atoms with Gasteiger partial charge in [-0.3, -0.25) is 0 Å². The molecule has 0 fully saturated rings. The maximum absolute atomic E-state index is 5.98. The van der Waals surface area contributed by atoms with Crippen molar-refractivity contribution in [2.75, 3.05) is 5.73 Å². The highest BCUT2D eigenvalue weighted by atomic mass is 32.2. The molecule has 2 aromatic rings. The number of hydrogen-bond donors (Lipinski definition) is 1. The maximum Gasteiger partial charge on any atom is 0.119 e. The minimum Gasteiger partial charge on any atom is -0.398 e. The van der Waals surface area contributed by atoms with E-state index in [4.69, 9.17) is 5.73 Å². The summed E-state index contributed by atoms with van der Waals surface area (Å²) in [6.07, 6.45) is 3.85. The van der Waals surface area contributed by atoms with Gasteiger partial charge < -0.3 is 10.3 Å². The van der Waals surface area contributed by atoms with Crippen LogP contribution in [0.2, 0.25) is 0 Å². The Morgan fingerprint density at radius 2 is 2.24 bits per heavy atom. The van der Waals surface area contributed by atoms with Gasteiger partial charge in [-0.2, -0.15) is 0 Å². The molecule has 2 rings (SSSR count). The summed E-state index contributed by atoms with van der Waals surface area (Å²) in [7, 11) is 0. The summed E-state index contributed by atoms with van der Waals surface area (Å²) >= 11 is 1.73. The molecule has 0 saturated heterocycles. The topological polar surface area (TPSA) is 43.8 Å². The molecule has 0 aliphatic carbocycles. The summed E-state index contributed by atoms with van der Waals surface area (Å²) in [6.45, 7) is 5.13. The zero-order valence-corrected chi connectivity index (χ0v) is 11.0. The number of thioether (sulfide) groups is 1. The molecule has 0 spiro atoms. The monoisotopic (exact) mass is 247 g/mol. The second-order valence-electron chi connectivity index (χ2n) is 3.96. The van der Waals surface area contributed by atoms with E-state index in [-0.39, 0.29) is 0 Å². The van der Waals surface area contributed by atoms with Crippen LogP contribution in [0.25, 0.3) is 0 Å². The Labute approximate surface area is 106 Å². The van der Waals surface area contributed by atoms with Crippen molar-refractivity contribution in [3.8, 4) is 0 Å². The largest absolute Gasteiger partial charge is 0.398 e. The fraction of sp³-hybridized carbons (Fsp3) is 0.308. The fourth-order valence-electron chi connectivity index (χ4n) is 1.71. The summed E-state index contributed by atoms with van der Waals surface area (Å²) in [5.41, 5.74) is 8.03. The van der Waals surface area contributed by atoms with Crippen molar-refractivity contribution in [3.63, 3.8) is 0 Å². The molecule has 0 aliphatic rings. The van der Waals surface area contributed by atoms with Crippen LogP contribution in [0.15, 0.2) is 35.5 Å². The number of aryl methyl sites for hydroxylation is 2. The lowest BCUT2D eigenvalue weighted by Gasteiger charge is -2.07. The van der Waals surface area contributed by atoms with Crippen LogP contribution in [0, 0.1) is 6.92 Å². The molecule has 2 N–H and O–H groups in total. The van der Waals surface area contributed by atoms with Crippen LogP contribution in [-0.2, 0) is 12.3 Å². The predicted octanol–water partition coefficient (Wildman–Crippen LogP) is 3.09. The standard InChI is InChI=1S/C13H17N3S/c1-3-16-7-6-15-13(16)9-17-12-5-4-10(2)8-11(12)14/h4-8H,3,9,14H2,1-2H3. The quantitative estimate of drug-likeness (QED) is 0.667. The molecule has 1 heterocycles. The Morgan fingerprint density at radius 3 is 2.94 bits per heavy atom. The molecule has 3 nitrogen and oxygen atoms in total. The van der Waals surface area contributed by atoms with Gasteiger partial charge >= 0.3 is 0 Å². The number of nitrogens with zero attached hydrogens (tertiary/aromatic N) is 2. The third-order valence-electron chi connectivity index (χ3n) is 2.66. The van der Waals surface area contributed by atoms with E-state index in [1.54, 1.807) is 11.8 Å². The van der Waals surface area contributed by atoms with Crippen LogP contribution in [0.1, 0.15) is 18.3 Å². The average molecular weight is 247 g/mol. The van der Waals surface area contributed by atoms with Gasteiger partial charge in [0.25, 0.3) is 0 Å². The summed E-state index contributed by atoms with van der Waals surface area (Å²) in [4.78, 5) is 5.48. The lowest BCUT2D eigenvalue weighted by Crippen LogP contribution is -1.99. The first-order valence-electron chi connectivity index (χ1n) is 5.69. The fourth-order valence-corrected chi connectivity index (χ4v) is 2.62. The van der Waals surface area contributed by atoms with E-state index in [1.165, 1.54) is 5.56 Å². The first kappa shape index (κ1) is 12.0. The minimum absolute atomic E-state index is 0.851. The van der Waals surface area contributed by atoms with E-state index < -0.39 is 0 Å². The van der Waals surface area contributed by atoms with Gasteiger partial charge in [-0.15, -0.1) is 11.8 Å². The third kappa shape index (κ3) is 2.82. The number of anilines is 1. The zero-order chi connectivity index (χ0) is 12.3. The second-order valence-corrected chi connectivity index (χ2v) is 4.98. The smallest absolute Gasteiger partial charge is 0.119 e. The lowest BCUT2D eigenvalue weighted by molar-refractivity contribution is 0.726. The molecule has 0 unspecified atom stereocenters. The lowest BCUT2D eigenvalue weighted by atomic mass is 10.2. The van der Waals surface area contributed by atoms with Crippen LogP contribution >= 0.6 is 11.8 Å². The number of hydrogen-bond acceptors (Lipinski definition) is 3. The highest BCUT2D eigenvalue weighted by molar-refractivity contribution is 7.98. The van der Waals surface area contributed by atoms with Gasteiger partial charge in [0.1, 0.15) is 5.82 Å². The van der Waals surface area contributed by atoms with Gasteiger partial charge in [0.15, 0.2) is 0 Å². The van der Waals surface area contributed by atoms with Gasteiger partial charge in [0, 0.05) is 29.5 Å². The van der Waals surface area contributed by atoms with Crippen LogP contribution in [-0.4, -0.2) is 9.55 Å². The predicted molar refractivity (Wildman–Crippen MR) is 73.1 cm³/mol. The molecule has 0 amide bonds.